The predicted octanol–water partition coefficient (Wildman–Crippen LogP) is 2.77. The molecule has 0 aliphatic rings. The van der Waals surface area contributed by atoms with E-state index in [0.717, 1.165) is 11.8 Å². The molecule has 0 aliphatic carbocycles. The van der Waals surface area contributed by atoms with E-state index >= 15 is 0 Å². The highest BCUT2D eigenvalue weighted by Gasteiger charge is 2.14. The molecule has 0 bridgehead atoms. The summed E-state index contributed by atoms with van der Waals surface area (Å²) in [4.78, 5) is 16.4. The number of benzene rings is 2. The molecular formula is C17H12ClFN8OS. The minimum atomic E-state index is -0.409. The van der Waals surface area contributed by atoms with Crippen molar-refractivity contribution >= 4 is 35.0 Å². The van der Waals surface area contributed by atoms with Gasteiger partial charge in [-0.25, -0.2) is 14.1 Å². The zero-order valence-corrected chi connectivity index (χ0v) is 16.2. The average Bonchev–Trinajstić information content (AvgIpc) is 3.38. The lowest BCUT2D eigenvalue weighted by molar-refractivity contribution is -0.113. The molecule has 0 spiro atoms. The first-order chi connectivity index (χ1) is 14.1. The van der Waals surface area contributed by atoms with Gasteiger partial charge in [-0.3, -0.25) is 4.79 Å². The van der Waals surface area contributed by atoms with Crippen LogP contribution in [-0.4, -0.2) is 46.6 Å². The van der Waals surface area contributed by atoms with Gasteiger partial charge in [-0.05, 0) is 46.8 Å². The van der Waals surface area contributed by atoms with Gasteiger partial charge in [-0.1, -0.05) is 29.4 Å². The van der Waals surface area contributed by atoms with Crippen molar-refractivity contribution < 1.29 is 9.18 Å². The van der Waals surface area contributed by atoms with Gasteiger partial charge in [0.25, 0.3) is 0 Å². The van der Waals surface area contributed by atoms with E-state index in [4.69, 9.17) is 11.6 Å². The van der Waals surface area contributed by atoms with Crippen LogP contribution >= 0.6 is 23.4 Å². The van der Waals surface area contributed by atoms with Gasteiger partial charge in [-0.15, -0.1) is 5.10 Å². The number of tetrazole rings is 1. The Balaban J connectivity index is 1.47. The van der Waals surface area contributed by atoms with Gasteiger partial charge >= 0.3 is 0 Å². The van der Waals surface area contributed by atoms with Gasteiger partial charge in [0.15, 0.2) is 0 Å². The maximum atomic E-state index is 13.5. The molecule has 0 saturated carbocycles. The molecule has 12 heteroatoms. The number of hydrogen-bond acceptors (Lipinski definition) is 7. The van der Waals surface area contributed by atoms with Gasteiger partial charge < -0.3 is 5.32 Å². The third-order valence-corrected chi connectivity index (χ3v) is 4.88. The van der Waals surface area contributed by atoms with Crippen LogP contribution in [0.25, 0.3) is 11.4 Å². The fourth-order valence-electron chi connectivity index (χ4n) is 2.50. The summed E-state index contributed by atoms with van der Waals surface area (Å²) in [6.45, 7) is 0. The number of halogens is 2. The van der Waals surface area contributed by atoms with Crippen molar-refractivity contribution in [3.8, 4) is 11.4 Å². The number of rotatable bonds is 6. The first-order valence-electron chi connectivity index (χ1n) is 8.22. The Morgan fingerprint density at radius 2 is 2.14 bits per heavy atom. The fourth-order valence-corrected chi connectivity index (χ4v) is 3.36. The molecule has 0 aliphatic heterocycles. The second kappa shape index (κ2) is 8.37. The number of anilines is 1. The topological polar surface area (TPSA) is 103 Å². The molecular weight excluding hydrogens is 419 g/mol. The predicted molar refractivity (Wildman–Crippen MR) is 105 cm³/mol. The first kappa shape index (κ1) is 19.0. The third-order valence-electron chi connectivity index (χ3n) is 3.72. The highest BCUT2D eigenvalue weighted by atomic mass is 35.5. The Labute approximate surface area is 172 Å². The molecule has 4 rings (SSSR count). The molecule has 4 aromatic rings. The summed E-state index contributed by atoms with van der Waals surface area (Å²) >= 11 is 7.17. The normalized spacial score (nSPS) is 10.8. The zero-order valence-electron chi connectivity index (χ0n) is 14.6. The van der Waals surface area contributed by atoms with Gasteiger partial charge in [0, 0.05) is 5.02 Å². The molecule has 1 N–H and O–H groups in total. The number of carbonyl (C=O) groups is 1. The highest BCUT2D eigenvalue weighted by molar-refractivity contribution is 7.99. The van der Waals surface area contributed by atoms with Crippen LogP contribution in [0, 0.1) is 5.82 Å². The highest BCUT2D eigenvalue weighted by Crippen LogP contribution is 2.25. The summed E-state index contributed by atoms with van der Waals surface area (Å²) < 4.78 is 16.3. The summed E-state index contributed by atoms with van der Waals surface area (Å²) in [6, 6.07) is 10.9. The molecule has 2 aromatic heterocycles. The molecule has 0 saturated heterocycles. The number of hydrogen-bond donors (Lipinski definition) is 1. The molecule has 29 heavy (non-hydrogen) atoms. The van der Waals surface area contributed by atoms with Gasteiger partial charge in [0.2, 0.25) is 11.1 Å². The van der Waals surface area contributed by atoms with Gasteiger partial charge in [0.1, 0.15) is 18.5 Å². The third kappa shape index (κ3) is 4.41. The zero-order chi connectivity index (χ0) is 20.2. The Morgan fingerprint density at radius 3 is 2.93 bits per heavy atom. The number of carbonyl (C=O) groups excluding carboxylic acids is 1. The minimum absolute atomic E-state index is 0.0268. The maximum Gasteiger partial charge on any atom is 0.234 e. The first-order valence-corrected chi connectivity index (χ1v) is 9.58. The second-order valence-corrected chi connectivity index (χ2v) is 7.07. The van der Waals surface area contributed by atoms with Gasteiger partial charge in [0.05, 0.1) is 22.8 Å². The lowest BCUT2D eigenvalue weighted by Crippen LogP contribution is -2.16. The van der Waals surface area contributed by atoms with Crippen LogP contribution in [0.2, 0.25) is 5.02 Å². The van der Waals surface area contributed by atoms with Crippen LogP contribution in [0.1, 0.15) is 0 Å². The number of amides is 1. The Hall–Kier alpha value is -3.31. The van der Waals surface area contributed by atoms with Crippen molar-refractivity contribution in [2.75, 3.05) is 11.1 Å². The SMILES string of the molecule is O=C(CSc1nnnn1-c1cccc(F)c1)Nc1cc(Cl)ccc1-n1cncn1. The van der Waals surface area contributed by atoms with Gasteiger partial charge in [-0.2, -0.15) is 9.78 Å². The van der Waals surface area contributed by atoms with E-state index in [-0.39, 0.29) is 11.7 Å². The summed E-state index contributed by atoms with van der Waals surface area (Å²) in [7, 11) is 0. The molecule has 0 unspecified atom stereocenters. The Bertz CT molecular complexity index is 1150. The van der Waals surface area contributed by atoms with Crippen molar-refractivity contribution in [2.45, 2.75) is 5.16 Å². The summed E-state index contributed by atoms with van der Waals surface area (Å²) in [5.41, 5.74) is 1.56. The summed E-state index contributed by atoms with van der Waals surface area (Å²) in [6.07, 6.45) is 2.91. The van der Waals surface area contributed by atoms with E-state index in [9.17, 15) is 9.18 Å². The molecule has 0 fully saturated rings. The van der Waals surface area contributed by atoms with E-state index in [2.05, 4.69) is 30.9 Å². The molecule has 146 valence electrons. The van der Waals surface area contributed by atoms with E-state index in [1.807, 2.05) is 0 Å². The molecule has 0 atom stereocenters. The fraction of sp³-hybridized carbons (Fsp3) is 0.0588. The van der Waals surface area contributed by atoms with Crippen molar-refractivity contribution in [3.05, 3.63) is 66.0 Å². The van der Waals surface area contributed by atoms with Crippen LogP contribution < -0.4 is 5.32 Å². The molecule has 2 aromatic carbocycles. The maximum absolute atomic E-state index is 13.5. The monoisotopic (exact) mass is 430 g/mol. The van der Waals surface area contributed by atoms with Crippen LogP contribution in [0.3, 0.4) is 0 Å². The van der Waals surface area contributed by atoms with Crippen LogP contribution in [0.15, 0.2) is 60.3 Å². The minimum Gasteiger partial charge on any atom is -0.323 e. The van der Waals surface area contributed by atoms with Crippen LogP contribution in [0.5, 0.6) is 0 Å². The van der Waals surface area contributed by atoms with Crippen molar-refractivity contribution in [2.24, 2.45) is 0 Å². The largest absolute Gasteiger partial charge is 0.323 e. The lowest BCUT2D eigenvalue weighted by atomic mass is 10.2. The van der Waals surface area contributed by atoms with Crippen molar-refractivity contribution in [1.29, 1.82) is 0 Å². The second-order valence-electron chi connectivity index (χ2n) is 5.69. The molecule has 1 amide bonds. The average molecular weight is 431 g/mol. The number of nitrogens with zero attached hydrogens (tertiary/aromatic N) is 7. The van der Waals surface area contributed by atoms with E-state index in [0.29, 0.717) is 27.2 Å². The van der Waals surface area contributed by atoms with Crippen LogP contribution in [-0.2, 0) is 4.79 Å². The summed E-state index contributed by atoms with van der Waals surface area (Å²) in [5, 5.41) is 19.0. The van der Waals surface area contributed by atoms with E-state index in [1.165, 1.54) is 34.2 Å². The van der Waals surface area contributed by atoms with Crippen molar-refractivity contribution in [3.63, 3.8) is 0 Å². The molecule has 2 heterocycles. The quantitative estimate of drug-likeness (QED) is 0.469. The number of thioether (sulfide) groups is 1. The Morgan fingerprint density at radius 1 is 1.24 bits per heavy atom. The summed E-state index contributed by atoms with van der Waals surface area (Å²) in [5.74, 6) is -0.681. The smallest absolute Gasteiger partial charge is 0.234 e. The number of aromatic nitrogens is 7. The number of nitrogens with one attached hydrogen (secondary N) is 1. The van der Waals surface area contributed by atoms with E-state index < -0.39 is 5.82 Å². The molecule has 9 nitrogen and oxygen atoms in total. The standard InChI is InChI=1S/C17H12ClFN8OS/c18-11-4-5-15(26-10-20-9-21-26)14(6-11)22-16(28)8-29-17-23-24-25-27(17)13-3-1-2-12(19)7-13/h1-7,9-10H,8H2,(H,22,28). The molecule has 0 radical (unpaired) electrons. The lowest BCUT2D eigenvalue weighted by Gasteiger charge is -2.11. The Kier molecular flexibility index (Phi) is 5.49. The van der Waals surface area contributed by atoms with Crippen molar-refractivity contribution in [1.82, 2.24) is 35.0 Å². The van der Waals surface area contributed by atoms with Crippen LogP contribution in [0.4, 0.5) is 10.1 Å². The van der Waals surface area contributed by atoms with E-state index in [1.54, 1.807) is 30.3 Å².